The first-order chi connectivity index (χ1) is 11.4. The van der Waals surface area contributed by atoms with Crippen LogP contribution >= 0.6 is 0 Å². The van der Waals surface area contributed by atoms with Gasteiger partial charge in [-0.3, -0.25) is 14.4 Å². The SMILES string of the molecule is C=CCC(NC(C)=O)C(=O)N[C@@H](CCc1ccccc1)CC(=O)O. The molecule has 6 nitrogen and oxygen atoms in total. The van der Waals surface area contributed by atoms with Gasteiger partial charge in [-0.2, -0.15) is 0 Å². The Balaban J connectivity index is 2.68. The Labute approximate surface area is 141 Å². The van der Waals surface area contributed by atoms with Crippen LogP contribution < -0.4 is 10.6 Å². The van der Waals surface area contributed by atoms with E-state index in [0.29, 0.717) is 12.8 Å². The summed E-state index contributed by atoms with van der Waals surface area (Å²) in [7, 11) is 0. The number of rotatable bonds is 10. The average molecular weight is 332 g/mol. The van der Waals surface area contributed by atoms with Crippen LogP contribution in [0.25, 0.3) is 0 Å². The number of nitrogens with one attached hydrogen (secondary N) is 2. The zero-order valence-corrected chi connectivity index (χ0v) is 13.8. The molecule has 6 heteroatoms. The number of carbonyl (C=O) groups excluding carboxylic acids is 2. The molecule has 0 radical (unpaired) electrons. The van der Waals surface area contributed by atoms with E-state index >= 15 is 0 Å². The monoisotopic (exact) mass is 332 g/mol. The van der Waals surface area contributed by atoms with Crippen molar-refractivity contribution in [1.82, 2.24) is 10.6 Å². The molecule has 0 aromatic heterocycles. The van der Waals surface area contributed by atoms with E-state index in [2.05, 4.69) is 17.2 Å². The van der Waals surface area contributed by atoms with Gasteiger partial charge in [0.05, 0.1) is 6.42 Å². The van der Waals surface area contributed by atoms with Crippen molar-refractivity contribution in [3.05, 3.63) is 48.6 Å². The predicted octanol–water partition coefficient (Wildman–Crippen LogP) is 1.66. The molecular weight excluding hydrogens is 308 g/mol. The minimum Gasteiger partial charge on any atom is -0.481 e. The average Bonchev–Trinajstić information content (AvgIpc) is 2.52. The molecule has 0 fully saturated rings. The Morgan fingerprint density at radius 2 is 1.88 bits per heavy atom. The van der Waals surface area contributed by atoms with Gasteiger partial charge in [-0.25, -0.2) is 0 Å². The third-order valence-corrected chi connectivity index (χ3v) is 3.49. The number of aliphatic carboxylic acids is 1. The van der Waals surface area contributed by atoms with Crippen molar-refractivity contribution in [3.8, 4) is 0 Å². The minimum atomic E-state index is -0.979. The molecule has 3 N–H and O–H groups in total. The number of carbonyl (C=O) groups is 3. The summed E-state index contributed by atoms with van der Waals surface area (Å²) in [6.07, 6.45) is 2.81. The van der Waals surface area contributed by atoms with Crippen LogP contribution in [0.5, 0.6) is 0 Å². The molecular formula is C18H24N2O4. The molecule has 24 heavy (non-hydrogen) atoms. The van der Waals surface area contributed by atoms with Crippen molar-refractivity contribution >= 4 is 17.8 Å². The molecule has 0 saturated heterocycles. The molecule has 1 aromatic carbocycles. The Bertz CT molecular complexity index is 572. The summed E-state index contributed by atoms with van der Waals surface area (Å²) in [5.41, 5.74) is 1.08. The van der Waals surface area contributed by atoms with Gasteiger partial charge in [-0.05, 0) is 24.8 Å². The number of amides is 2. The molecule has 0 aliphatic carbocycles. The van der Waals surface area contributed by atoms with Crippen molar-refractivity contribution in [2.75, 3.05) is 0 Å². The maximum Gasteiger partial charge on any atom is 0.305 e. The van der Waals surface area contributed by atoms with Crippen molar-refractivity contribution in [3.63, 3.8) is 0 Å². The fourth-order valence-electron chi connectivity index (χ4n) is 2.37. The number of hydrogen-bond donors (Lipinski definition) is 3. The number of hydrogen-bond acceptors (Lipinski definition) is 3. The molecule has 1 rings (SSSR count). The van der Waals surface area contributed by atoms with E-state index in [-0.39, 0.29) is 18.7 Å². The van der Waals surface area contributed by atoms with Crippen LogP contribution in [0.4, 0.5) is 0 Å². The molecule has 0 bridgehead atoms. The van der Waals surface area contributed by atoms with Gasteiger partial charge in [0.15, 0.2) is 0 Å². The van der Waals surface area contributed by atoms with Crippen LogP contribution in [0.3, 0.4) is 0 Å². The van der Waals surface area contributed by atoms with E-state index in [1.54, 1.807) is 0 Å². The molecule has 130 valence electrons. The maximum absolute atomic E-state index is 12.3. The molecule has 2 amide bonds. The number of carboxylic acid groups (broad SMARTS) is 1. The Morgan fingerprint density at radius 1 is 1.21 bits per heavy atom. The van der Waals surface area contributed by atoms with Crippen LogP contribution in [0.15, 0.2) is 43.0 Å². The number of carboxylic acids is 1. The van der Waals surface area contributed by atoms with Crippen LogP contribution in [-0.4, -0.2) is 35.0 Å². The molecule has 0 aliphatic heterocycles. The van der Waals surface area contributed by atoms with Crippen LogP contribution in [0.2, 0.25) is 0 Å². The van der Waals surface area contributed by atoms with E-state index in [4.69, 9.17) is 5.11 Å². The maximum atomic E-state index is 12.3. The zero-order chi connectivity index (χ0) is 17.9. The second kappa shape index (κ2) is 10.2. The Kier molecular flexibility index (Phi) is 8.25. The highest BCUT2D eigenvalue weighted by Crippen LogP contribution is 2.08. The molecule has 0 spiro atoms. The molecule has 1 aromatic rings. The van der Waals surface area contributed by atoms with Crippen LogP contribution in [0, 0.1) is 0 Å². The van der Waals surface area contributed by atoms with Gasteiger partial charge in [-0.1, -0.05) is 36.4 Å². The standard InChI is InChI=1S/C18H24N2O4/c1-3-7-16(19-13(2)21)18(24)20-15(12-17(22)23)11-10-14-8-5-4-6-9-14/h3-6,8-9,15-16H,1,7,10-12H2,2H3,(H,19,21)(H,20,24)(H,22,23)/t15-,16?/m0/s1. The number of aryl methyl sites for hydroxylation is 1. The van der Waals surface area contributed by atoms with E-state index in [9.17, 15) is 14.4 Å². The second-order valence-electron chi connectivity index (χ2n) is 5.61. The minimum absolute atomic E-state index is 0.167. The lowest BCUT2D eigenvalue weighted by molar-refractivity contribution is -0.138. The fourth-order valence-corrected chi connectivity index (χ4v) is 2.37. The van der Waals surface area contributed by atoms with E-state index in [0.717, 1.165) is 5.56 Å². The fraction of sp³-hybridized carbons (Fsp3) is 0.389. The van der Waals surface area contributed by atoms with E-state index in [1.807, 2.05) is 30.3 Å². The topological polar surface area (TPSA) is 95.5 Å². The summed E-state index contributed by atoms with van der Waals surface area (Å²) in [6, 6.07) is 8.40. The highest BCUT2D eigenvalue weighted by atomic mass is 16.4. The Hall–Kier alpha value is -2.63. The number of benzene rings is 1. The second-order valence-corrected chi connectivity index (χ2v) is 5.61. The van der Waals surface area contributed by atoms with Gasteiger partial charge in [0, 0.05) is 13.0 Å². The summed E-state index contributed by atoms with van der Waals surface area (Å²) in [4.78, 5) is 34.5. The van der Waals surface area contributed by atoms with Crippen LogP contribution in [-0.2, 0) is 20.8 Å². The Morgan fingerprint density at radius 3 is 2.42 bits per heavy atom. The largest absolute Gasteiger partial charge is 0.481 e. The quantitative estimate of drug-likeness (QED) is 0.568. The van der Waals surface area contributed by atoms with Crippen LogP contribution in [0.1, 0.15) is 31.7 Å². The third kappa shape index (κ3) is 7.58. The van der Waals surface area contributed by atoms with Crippen molar-refractivity contribution < 1.29 is 19.5 Å². The normalized spacial score (nSPS) is 12.7. The van der Waals surface area contributed by atoms with Crippen molar-refractivity contribution in [1.29, 1.82) is 0 Å². The summed E-state index contributed by atoms with van der Waals surface area (Å²) in [5, 5.41) is 14.3. The molecule has 2 atom stereocenters. The lowest BCUT2D eigenvalue weighted by Crippen LogP contribution is -2.49. The molecule has 0 saturated carbocycles. The van der Waals surface area contributed by atoms with Gasteiger partial charge >= 0.3 is 5.97 Å². The van der Waals surface area contributed by atoms with Crippen molar-refractivity contribution in [2.24, 2.45) is 0 Å². The van der Waals surface area contributed by atoms with Gasteiger partial charge in [0.1, 0.15) is 6.04 Å². The lowest BCUT2D eigenvalue weighted by atomic mass is 10.0. The molecule has 0 heterocycles. The zero-order valence-electron chi connectivity index (χ0n) is 13.8. The first-order valence-electron chi connectivity index (χ1n) is 7.86. The van der Waals surface area contributed by atoms with Gasteiger partial charge in [0.25, 0.3) is 0 Å². The van der Waals surface area contributed by atoms with Gasteiger partial charge in [-0.15, -0.1) is 6.58 Å². The van der Waals surface area contributed by atoms with Gasteiger partial charge < -0.3 is 15.7 Å². The highest BCUT2D eigenvalue weighted by molar-refractivity contribution is 5.87. The first-order valence-corrected chi connectivity index (χ1v) is 7.86. The molecule has 0 aliphatic rings. The smallest absolute Gasteiger partial charge is 0.305 e. The summed E-state index contributed by atoms with van der Waals surface area (Å²) < 4.78 is 0. The van der Waals surface area contributed by atoms with E-state index < -0.39 is 24.0 Å². The molecule has 1 unspecified atom stereocenters. The summed E-state index contributed by atoms with van der Waals surface area (Å²) >= 11 is 0. The highest BCUT2D eigenvalue weighted by Gasteiger charge is 2.22. The van der Waals surface area contributed by atoms with E-state index in [1.165, 1.54) is 13.0 Å². The predicted molar refractivity (Wildman–Crippen MR) is 91.4 cm³/mol. The van der Waals surface area contributed by atoms with Gasteiger partial charge in [0.2, 0.25) is 11.8 Å². The lowest BCUT2D eigenvalue weighted by Gasteiger charge is -2.21. The summed E-state index contributed by atoms with van der Waals surface area (Å²) in [5.74, 6) is -1.70. The summed E-state index contributed by atoms with van der Waals surface area (Å²) in [6.45, 7) is 4.90. The third-order valence-electron chi connectivity index (χ3n) is 3.49. The first kappa shape index (κ1) is 19.4. The van der Waals surface area contributed by atoms with Crippen molar-refractivity contribution in [2.45, 2.75) is 44.7 Å².